The quantitative estimate of drug-likeness (QED) is 0.387. The minimum absolute atomic E-state index is 0.0627. The average Bonchev–Trinajstić information content (AvgIpc) is 3.24. The van der Waals surface area contributed by atoms with E-state index in [1.807, 2.05) is 59.0 Å². The number of H-pyrrole nitrogens is 1. The van der Waals surface area contributed by atoms with Crippen molar-refractivity contribution in [3.63, 3.8) is 0 Å². The topological polar surface area (TPSA) is 84.3 Å². The molecule has 1 amide bonds. The SMILES string of the molecule is O=C(CSc1n[nH]c2nc3ccccc3n12)NCCOc1ccccc1. The zero-order valence-electron chi connectivity index (χ0n) is 13.9. The van der Waals surface area contributed by atoms with Gasteiger partial charge in [-0.2, -0.15) is 0 Å². The van der Waals surface area contributed by atoms with Crippen molar-refractivity contribution in [3.8, 4) is 5.75 Å². The summed E-state index contributed by atoms with van der Waals surface area (Å²) in [4.78, 5) is 16.5. The van der Waals surface area contributed by atoms with Crippen molar-refractivity contribution in [2.45, 2.75) is 5.16 Å². The fourth-order valence-electron chi connectivity index (χ4n) is 2.60. The zero-order chi connectivity index (χ0) is 17.8. The number of hydrogen-bond acceptors (Lipinski definition) is 5. The average molecular weight is 367 g/mol. The predicted octanol–water partition coefficient (Wildman–Crippen LogP) is 2.50. The molecule has 0 fully saturated rings. The van der Waals surface area contributed by atoms with Gasteiger partial charge in [-0.1, -0.05) is 42.1 Å². The second kappa shape index (κ2) is 7.49. The Labute approximate surface area is 153 Å². The number of carbonyl (C=O) groups is 1. The lowest BCUT2D eigenvalue weighted by atomic mass is 10.3. The van der Waals surface area contributed by atoms with Gasteiger partial charge in [-0.05, 0) is 24.3 Å². The highest BCUT2D eigenvalue weighted by Gasteiger charge is 2.13. The monoisotopic (exact) mass is 367 g/mol. The summed E-state index contributed by atoms with van der Waals surface area (Å²) in [6.07, 6.45) is 0. The van der Waals surface area contributed by atoms with Gasteiger partial charge in [-0.3, -0.25) is 9.20 Å². The number of benzene rings is 2. The van der Waals surface area contributed by atoms with Crippen LogP contribution in [0.3, 0.4) is 0 Å². The number of nitrogens with zero attached hydrogens (tertiary/aromatic N) is 3. The third kappa shape index (κ3) is 3.50. The first kappa shape index (κ1) is 16.5. The molecule has 0 aliphatic carbocycles. The van der Waals surface area contributed by atoms with Crippen LogP contribution in [0.1, 0.15) is 0 Å². The number of aromatic amines is 1. The van der Waals surface area contributed by atoms with E-state index in [4.69, 9.17) is 4.74 Å². The molecule has 0 unspecified atom stereocenters. The molecule has 0 saturated carbocycles. The van der Waals surface area contributed by atoms with E-state index < -0.39 is 0 Å². The Balaban J connectivity index is 1.30. The lowest BCUT2D eigenvalue weighted by Crippen LogP contribution is -2.29. The summed E-state index contributed by atoms with van der Waals surface area (Å²) in [5.41, 5.74) is 1.86. The summed E-state index contributed by atoms with van der Waals surface area (Å²) < 4.78 is 7.47. The third-order valence-electron chi connectivity index (χ3n) is 3.77. The van der Waals surface area contributed by atoms with E-state index in [0.29, 0.717) is 24.1 Å². The number of rotatable bonds is 7. The summed E-state index contributed by atoms with van der Waals surface area (Å²) in [6, 6.07) is 17.4. The maximum absolute atomic E-state index is 12.0. The summed E-state index contributed by atoms with van der Waals surface area (Å²) >= 11 is 1.37. The van der Waals surface area contributed by atoms with Gasteiger partial charge >= 0.3 is 0 Å². The number of fused-ring (bicyclic) bond motifs is 3. The maximum Gasteiger partial charge on any atom is 0.231 e. The highest BCUT2D eigenvalue weighted by Crippen LogP contribution is 2.22. The second-order valence-corrected chi connectivity index (χ2v) is 6.51. The molecule has 0 aliphatic heterocycles. The van der Waals surface area contributed by atoms with E-state index in [1.54, 1.807) is 0 Å². The van der Waals surface area contributed by atoms with E-state index in [2.05, 4.69) is 20.5 Å². The highest BCUT2D eigenvalue weighted by molar-refractivity contribution is 7.99. The molecule has 2 aromatic heterocycles. The molecule has 0 saturated heterocycles. The number of aromatic nitrogens is 4. The number of ether oxygens (including phenoxy) is 1. The molecule has 0 atom stereocenters. The van der Waals surface area contributed by atoms with E-state index in [9.17, 15) is 4.79 Å². The highest BCUT2D eigenvalue weighted by atomic mass is 32.2. The Morgan fingerprint density at radius 3 is 2.85 bits per heavy atom. The van der Waals surface area contributed by atoms with Crippen LogP contribution in [0.4, 0.5) is 0 Å². The van der Waals surface area contributed by atoms with E-state index in [0.717, 1.165) is 16.8 Å². The van der Waals surface area contributed by atoms with E-state index >= 15 is 0 Å². The number of para-hydroxylation sites is 3. The van der Waals surface area contributed by atoms with Gasteiger partial charge in [-0.25, -0.2) is 10.1 Å². The Morgan fingerprint density at radius 2 is 1.96 bits per heavy atom. The zero-order valence-corrected chi connectivity index (χ0v) is 14.7. The Bertz CT molecular complexity index is 1030. The van der Waals surface area contributed by atoms with Crippen LogP contribution in [-0.4, -0.2) is 44.4 Å². The lowest BCUT2D eigenvalue weighted by Gasteiger charge is -2.07. The van der Waals surface area contributed by atoms with Crippen LogP contribution >= 0.6 is 11.8 Å². The van der Waals surface area contributed by atoms with Crippen molar-refractivity contribution in [1.29, 1.82) is 0 Å². The Kier molecular flexibility index (Phi) is 4.74. The molecule has 7 nitrogen and oxygen atoms in total. The Morgan fingerprint density at radius 1 is 1.15 bits per heavy atom. The molecular weight excluding hydrogens is 350 g/mol. The predicted molar refractivity (Wildman–Crippen MR) is 101 cm³/mol. The van der Waals surface area contributed by atoms with E-state index in [1.165, 1.54) is 11.8 Å². The van der Waals surface area contributed by atoms with Crippen LogP contribution in [0.25, 0.3) is 16.8 Å². The number of amides is 1. The number of carbonyl (C=O) groups excluding carboxylic acids is 1. The molecule has 4 aromatic rings. The summed E-state index contributed by atoms with van der Waals surface area (Å²) in [7, 11) is 0. The van der Waals surface area contributed by atoms with E-state index in [-0.39, 0.29) is 11.7 Å². The minimum atomic E-state index is -0.0627. The minimum Gasteiger partial charge on any atom is -0.492 e. The third-order valence-corrected chi connectivity index (χ3v) is 4.71. The smallest absolute Gasteiger partial charge is 0.231 e. The molecule has 132 valence electrons. The van der Waals surface area contributed by atoms with Crippen molar-refractivity contribution in [2.24, 2.45) is 0 Å². The van der Waals surface area contributed by atoms with Crippen LogP contribution in [-0.2, 0) is 4.79 Å². The summed E-state index contributed by atoms with van der Waals surface area (Å²) in [5.74, 6) is 1.68. The fourth-order valence-corrected chi connectivity index (χ4v) is 3.38. The van der Waals surface area contributed by atoms with Crippen LogP contribution in [0.5, 0.6) is 5.75 Å². The first-order chi connectivity index (χ1) is 12.8. The van der Waals surface area contributed by atoms with Crippen LogP contribution in [0, 0.1) is 0 Å². The standard InChI is InChI=1S/C18H17N5O2S/c24-16(19-10-11-25-13-6-2-1-3-7-13)12-26-18-22-21-17-20-14-8-4-5-9-15(14)23(17)18/h1-9H,10-12H2,(H,19,24)(H,20,21). The first-order valence-corrected chi connectivity index (χ1v) is 9.19. The molecule has 0 aliphatic rings. The van der Waals surface area contributed by atoms with Crippen LogP contribution in [0.2, 0.25) is 0 Å². The van der Waals surface area contributed by atoms with Gasteiger partial charge in [-0.15, -0.1) is 5.10 Å². The van der Waals surface area contributed by atoms with Crippen LogP contribution < -0.4 is 10.1 Å². The normalized spacial score (nSPS) is 11.1. The largest absolute Gasteiger partial charge is 0.492 e. The van der Waals surface area contributed by atoms with Gasteiger partial charge in [0.2, 0.25) is 11.7 Å². The molecule has 2 aromatic carbocycles. The molecular formula is C18H17N5O2S. The van der Waals surface area contributed by atoms with Crippen molar-refractivity contribution >= 4 is 34.5 Å². The number of nitrogens with one attached hydrogen (secondary N) is 2. The van der Waals surface area contributed by atoms with Crippen molar-refractivity contribution < 1.29 is 9.53 Å². The summed E-state index contributed by atoms with van der Waals surface area (Å²) in [6.45, 7) is 0.886. The molecule has 0 radical (unpaired) electrons. The summed E-state index contributed by atoms with van der Waals surface area (Å²) in [5, 5.41) is 10.7. The molecule has 26 heavy (non-hydrogen) atoms. The molecule has 0 spiro atoms. The van der Waals surface area contributed by atoms with Gasteiger partial charge < -0.3 is 10.1 Å². The maximum atomic E-state index is 12.0. The molecule has 2 heterocycles. The number of thioether (sulfide) groups is 1. The number of imidazole rings is 1. The Hall–Kier alpha value is -3.00. The van der Waals surface area contributed by atoms with Crippen molar-refractivity contribution in [2.75, 3.05) is 18.9 Å². The van der Waals surface area contributed by atoms with Gasteiger partial charge in [0.15, 0.2) is 5.16 Å². The van der Waals surface area contributed by atoms with Gasteiger partial charge in [0.05, 0.1) is 23.3 Å². The first-order valence-electron chi connectivity index (χ1n) is 8.20. The number of hydrogen-bond donors (Lipinski definition) is 2. The fraction of sp³-hybridized carbons (Fsp3) is 0.167. The molecule has 8 heteroatoms. The van der Waals surface area contributed by atoms with Crippen molar-refractivity contribution in [3.05, 3.63) is 54.6 Å². The van der Waals surface area contributed by atoms with Gasteiger partial charge in [0, 0.05) is 0 Å². The second-order valence-electron chi connectivity index (χ2n) is 5.57. The van der Waals surface area contributed by atoms with Crippen LogP contribution in [0.15, 0.2) is 59.8 Å². The molecule has 4 rings (SSSR count). The van der Waals surface area contributed by atoms with Gasteiger partial charge in [0.25, 0.3) is 0 Å². The lowest BCUT2D eigenvalue weighted by molar-refractivity contribution is -0.118. The van der Waals surface area contributed by atoms with Gasteiger partial charge in [0.1, 0.15) is 12.4 Å². The molecule has 2 N–H and O–H groups in total. The van der Waals surface area contributed by atoms with Crippen molar-refractivity contribution in [1.82, 2.24) is 24.9 Å². The molecule has 0 bridgehead atoms.